The van der Waals surface area contributed by atoms with Gasteiger partial charge >= 0.3 is 0 Å². The Kier molecular flexibility index (Phi) is 2.33. The van der Waals surface area contributed by atoms with Crippen molar-refractivity contribution in [2.45, 2.75) is 25.3 Å². The van der Waals surface area contributed by atoms with Gasteiger partial charge in [-0.3, -0.25) is 4.90 Å². The number of hydrogen-bond donors (Lipinski definition) is 0. The molecule has 1 aromatic heterocycles. The molecule has 0 radical (unpaired) electrons. The number of nitrogens with zero attached hydrogens (tertiary/aromatic N) is 2. The lowest BCUT2D eigenvalue weighted by Gasteiger charge is -2.23. The lowest BCUT2D eigenvalue weighted by molar-refractivity contribution is 0.263. The van der Waals surface area contributed by atoms with Crippen molar-refractivity contribution in [1.82, 2.24) is 10.1 Å². The Balaban J connectivity index is 1.54. The molecule has 0 saturated carbocycles. The van der Waals surface area contributed by atoms with Crippen molar-refractivity contribution in [3.05, 3.63) is 24.1 Å². The van der Waals surface area contributed by atoms with Crippen molar-refractivity contribution < 1.29 is 4.52 Å². The normalized spacial score (nSPS) is 34.3. The van der Waals surface area contributed by atoms with Crippen LogP contribution in [0.3, 0.4) is 0 Å². The molecule has 3 atom stereocenters. The minimum atomic E-state index is 0.780. The summed E-state index contributed by atoms with van der Waals surface area (Å²) in [6, 6.07) is 2.67. The molecule has 2 aliphatic rings. The molecule has 3 nitrogen and oxygen atoms in total. The molecule has 0 spiro atoms. The third-order valence-electron chi connectivity index (χ3n) is 3.59. The van der Waals surface area contributed by atoms with Gasteiger partial charge in [-0.25, -0.2) is 0 Å². The Morgan fingerprint density at radius 1 is 1.60 bits per heavy atom. The van der Waals surface area contributed by atoms with Crippen LogP contribution in [0.4, 0.5) is 0 Å². The van der Waals surface area contributed by atoms with E-state index in [1.807, 2.05) is 12.1 Å². The second-order valence-electron chi connectivity index (χ2n) is 4.59. The van der Waals surface area contributed by atoms with E-state index in [0.717, 1.165) is 24.1 Å². The smallest absolute Gasteiger partial charge is 0.159 e. The fourth-order valence-electron chi connectivity index (χ4n) is 2.82. The Labute approximate surface area is 89.7 Å². The van der Waals surface area contributed by atoms with E-state index in [0.29, 0.717) is 0 Å². The standard InChI is InChI=1S/C12H16N2O/c1(3-12-4-6-13-15-12)2-11-8-10-5-7-14(11)9-10/h1,3-4,6,10-11H,2,5,7-9H2/b3-1+. The second kappa shape index (κ2) is 3.81. The lowest BCUT2D eigenvalue weighted by atomic mass is 9.98. The molecule has 3 heteroatoms. The number of rotatable bonds is 3. The van der Waals surface area contributed by atoms with Crippen LogP contribution in [-0.4, -0.2) is 29.2 Å². The summed E-state index contributed by atoms with van der Waals surface area (Å²) in [7, 11) is 0. The Hall–Kier alpha value is -1.09. The van der Waals surface area contributed by atoms with Crippen LogP contribution >= 0.6 is 0 Å². The number of fused-ring (bicyclic) bond motifs is 2. The summed E-state index contributed by atoms with van der Waals surface area (Å²) in [5.74, 6) is 1.84. The molecule has 2 saturated heterocycles. The van der Waals surface area contributed by atoms with Crippen molar-refractivity contribution in [3.63, 3.8) is 0 Å². The van der Waals surface area contributed by atoms with Gasteiger partial charge in [0.05, 0.1) is 6.20 Å². The van der Waals surface area contributed by atoms with Gasteiger partial charge in [0.25, 0.3) is 0 Å². The number of hydrogen-bond acceptors (Lipinski definition) is 3. The first-order chi connectivity index (χ1) is 7.42. The highest BCUT2D eigenvalue weighted by molar-refractivity contribution is 5.41. The molecule has 80 valence electrons. The van der Waals surface area contributed by atoms with Gasteiger partial charge in [-0.05, 0) is 37.8 Å². The van der Waals surface area contributed by atoms with Crippen LogP contribution in [0.15, 0.2) is 22.9 Å². The first-order valence-corrected chi connectivity index (χ1v) is 5.73. The van der Waals surface area contributed by atoms with Crippen LogP contribution in [-0.2, 0) is 0 Å². The van der Waals surface area contributed by atoms with Gasteiger partial charge < -0.3 is 4.52 Å². The second-order valence-corrected chi connectivity index (χ2v) is 4.59. The molecule has 2 aliphatic heterocycles. The molecule has 2 fully saturated rings. The summed E-state index contributed by atoms with van der Waals surface area (Å²) >= 11 is 0. The molecule has 0 aromatic carbocycles. The van der Waals surface area contributed by atoms with Crippen molar-refractivity contribution in [1.29, 1.82) is 0 Å². The monoisotopic (exact) mass is 204 g/mol. The third kappa shape index (κ3) is 1.84. The van der Waals surface area contributed by atoms with Gasteiger partial charge in [0.15, 0.2) is 5.76 Å². The number of aromatic nitrogens is 1. The fraction of sp³-hybridized carbons (Fsp3) is 0.583. The molecule has 3 rings (SSSR count). The molecule has 3 unspecified atom stereocenters. The average molecular weight is 204 g/mol. The maximum Gasteiger partial charge on any atom is 0.159 e. The third-order valence-corrected chi connectivity index (χ3v) is 3.59. The predicted molar refractivity (Wildman–Crippen MR) is 58.2 cm³/mol. The van der Waals surface area contributed by atoms with Gasteiger partial charge in [0, 0.05) is 18.7 Å². The van der Waals surface area contributed by atoms with Crippen LogP contribution in [0.25, 0.3) is 6.08 Å². The van der Waals surface area contributed by atoms with Crippen LogP contribution < -0.4 is 0 Å². The summed E-state index contributed by atoms with van der Waals surface area (Å²) in [6.45, 7) is 2.65. The van der Waals surface area contributed by atoms with E-state index < -0.39 is 0 Å². The van der Waals surface area contributed by atoms with Crippen LogP contribution in [0.5, 0.6) is 0 Å². The minimum Gasteiger partial charge on any atom is -0.357 e. The van der Waals surface area contributed by atoms with Gasteiger partial charge in [0.1, 0.15) is 0 Å². The zero-order chi connectivity index (χ0) is 10.1. The maximum absolute atomic E-state index is 5.01. The molecular weight excluding hydrogens is 188 g/mol. The molecule has 0 N–H and O–H groups in total. The topological polar surface area (TPSA) is 29.3 Å². The molecule has 2 bridgehead atoms. The van der Waals surface area contributed by atoms with Crippen LogP contribution in [0.1, 0.15) is 25.0 Å². The maximum atomic E-state index is 5.01. The van der Waals surface area contributed by atoms with Crippen molar-refractivity contribution in [2.24, 2.45) is 5.92 Å². The molecule has 1 aromatic rings. The quantitative estimate of drug-likeness (QED) is 0.755. The van der Waals surface area contributed by atoms with Crippen molar-refractivity contribution in [2.75, 3.05) is 13.1 Å². The highest BCUT2D eigenvalue weighted by Gasteiger charge is 2.36. The highest BCUT2D eigenvalue weighted by Crippen LogP contribution is 2.34. The number of piperidine rings is 1. The molecule has 15 heavy (non-hydrogen) atoms. The average Bonchev–Trinajstić information content (AvgIpc) is 2.93. The Morgan fingerprint density at radius 2 is 2.60 bits per heavy atom. The largest absolute Gasteiger partial charge is 0.357 e. The van der Waals surface area contributed by atoms with E-state index >= 15 is 0 Å². The first-order valence-electron chi connectivity index (χ1n) is 5.73. The summed E-state index contributed by atoms with van der Waals surface area (Å²) in [5, 5.41) is 3.67. The predicted octanol–water partition coefficient (Wildman–Crippen LogP) is 2.17. The molecule has 0 aliphatic carbocycles. The summed E-state index contributed by atoms with van der Waals surface area (Å²) in [6.07, 6.45) is 9.88. The summed E-state index contributed by atoms with van der Waals surface area (Å²) in [4.78, 5) is 2.62. The summed E-state index contributed by atoms with van der Waals surface area (Å²) in [5.41, 5.74) is 0. The van der Waals surface area contributed by atoms with Gasteiger partial charge in [-0.2, -0.15) is 0 Å². The molecule has 3 heterocycles. The first kappa shape index (κ1) is 9.16. The molecule has 0 amide bonds. The zero-order valence-corrected chi connectivity index (χ0v) is 8.80. The highest BCUT2D eigenvalue weighted by atomic mass is 16.5. The molecular formula is C12H16N2O. The summed E-state index contributed by atoms with van der Waals surface area (Å²) < 4.78 is 5.01. The lowest BCUT2D eigenvalue weighted by Crippen LogP contribution is -2.28. The van der Waals surface area contributed by atoms with Gasteiger partial charge in [0.2, 0.25) is 0 Å². The SMILES string of the molecule is C(=C\c1ccno1)/CC1CC2CCN1C2. The van der Waals surface area contributed by atoms with E-state index in [1.165, 1.54) is 25.9 Å². The van der Waals surface area contributed by atoms with E-state index in [4.69, 9.17) is 4.52 Å². The van der Waals surface area contributed by atoms with Gasteiger partial charge in [-0.1, -0.05) is 11.2 Å². The van der Waals surface area contributed by atoms with Crippen molar-refractivity contribution >= 4 is 6.08 Å². The van der Waals surface area contributed by atoms with E-state index in [2.05, 4.69) is 16.1 Å². The minimum absolute atomic E-state index is 0.780. The fourth-order valence-corrected chi connectivity index (χ4v) is 2.82. The Bertz CT molecular complexity index is 345. The van der Waals surface area contributed by atoms with E-state index in [-0.39, 0.29) is 0 Å². The van der Waals surface area contributed by atoms with Gasteiger partial charge in [-0.15, -0.1) is 0 Å². The zero-order valence-electron chi connectivity index (χ0n) is 8.80. The van der Waals surface area contributed by atoms with E-state index in [1.54, 1.807) is 6.20 Å². The van der Waals surface area contributed by atoms with Crippen molar-refractivity contribution in [3.8, 4) is 0 Å². The van der Waals surface area contributed by atoms with Crippen LogP contribution in [0, 0.1) is 5.92 Å². The van der Waals surface area contributed by atoms with Crippen LogP contribution in [0.2, 0.25) is 0 Å². The van der Waals surface area contributed by atoms with E-state index in [9.17, 15) is 0 Å². The Morgan fingerprint density at radius 3 is 3.27 bits per heavy atom.